The SMILES string of the molecule is Cc1cccc(-c2nn(-c3ccccc3)c3c2c(C)cc(=O)n3CC(=O)Nc2ccc(C)c(F)c2)c1. The van der Waals surface area contributed by atoms with Gasteiger partial charge in [-0.3, -0.25) is 14.2 Å². The summed E-state index contributed by atoms with van der Waals surface area (Å²) in [6, 6.07) is 23.5. The summed E-state index contributed by atoms with van der Waals surface area (Å²) in [7, 11) is 0. The molecule has 2 aromatic heterocycles. The molecule has 3 aromatic carbocycles. The number of hydrogen-bond donors (Lipinski definition) is 1. The number of anilines is 1. The van der Waals surface area contributed by atoms with E-state index in [4.69, 9.17) is 5.10 Å². The summed E-state index contributed by atoms with van der Waals surface area (Å²) in [6.45, 7) is 5.29. The normalized spacial score (nSPS) is 11.1. The minimum absolute atomic E-state index is 0.253. The second kappa shape index (κ2) is 9.26. The smallest absolute Gasteiger partial charge is 0.252 e. The lowest BCUT2D eigenvalue weighted by atomic mass is 10.0. The van der Waals surface area contributed by atoms with Crippen LogP contribution in [0.2, 0.25) is 0 Å². The van der Waals surface area contributed by atoms with Gasteiger partial charge in [0.2, 0.25) is 5.91 Å². The van der Waals surface area contributed by atoms with E-state index in [0.717, 1.165) is 33.5 Å². The Morgan fingerprint density at radius 1 is 0.917 bits per heavy atom. The lowest BCUT2D eigenvalue weighted by molar-refractivity contribution is -0.116. The summed E-state index contributed by atoms with van der Waals surface area (Å²) >= 11 is 0. The molecule has 0 spiro atoms. The van der Waals surface area contributed by atoms with Gasteiger partial charge < -0.3 is 5.32 Å². The summed E-state index contributed by atoms with van der Waals surface area (Å²) in [5.74, 6) is -0.851. The van der Waals surface area contributed by atoms with E-state index in [2.05, 4.69) is 5.32 Å². The van der Waals surface area contributed by atoms with E-state index >= 15 is 0 Å². The van der Waals surface area contributed by atoms with E-state index in [0.29, 0.717) is 16.9 Å². The quantitative estimate of drug-likeness (QED) is 0.358. The van der Waals surface area contributed by atoms with Crippen molar-refractivity contribution in [2.24, 2.45) is 0 Å². The maximum absolute atomic E-state index is 14.0. The molecule has 0 aliphatic rings. The molecular formula is C29H25FN4O2. The number of pyridine rings is 1. The van der Waals surface area contributed by atoms with Crippen LogP contribution in [-0.2, 0) is 11.3 Å². The van der Waals surface area contributed by atoms with Crippen LogP contribution in [0.3, 0.4) is 0 Å². The molecule has 7 heteroatoms. The van der Waals surface area contributed by atoms with E-state index in [-0.39, 0.29) is 12.1 Å². The van der Waals surface area contributed by atoms with E-state index in [1.807, 2.05) is 68.4 Å². The zero-order chi connectivity index (χ0) is 25.4. The Kier molecular flexibility index (Phi) is 5.98. The van der Waals surface area contributed by atoms with Crippen LogP contribution in [0.25, 0.3) is 28.0 Å². The van der Waals surface area contributed by atoms with Crippen molar-refractivity contribution in [3.05, 3.63) is 112 Å². The molecule has 0 radical (unpaired) electrons. The van der Waals surface area contributed by atoms with Crippen LogP contribution in [0.1, 0.15) is 16.7 Å². The molecule has 5 aromatic rings. The summed E-state index contributed by atoms with van der Waals surface area (Å²) in [6.07, 6.45) is 0. The predicted molar refractivity (Wildman–Crippen MR) is 140 cm³/mol. The van der Waals surface area contributed by atoms with Gasteiger partial charge in [-0.25, -0.2) is 9.07 Å². The molecular weight excluding hydrogens is 455 g/mol. The Morgan fingerprint density at radius 2 is 1.69 bits per heavy atom. The number of carbonyl (C=O) groups is 1. The van der Waals surface area contributed by atoms with Crippen molar-refractivity contribution in [1.29, 1.82) is 0 Å². The maximum atomic E-state index is 14.0. The fraction of sp³-hybridized carbons (Fsp3) is 0.138. The highest BCUT2D eigenvalue weighted by Crippen LogP contribution is 2.32. The highest BCUT2D eigenvalue weighted by Gasteiger charge is 2.21. The molecule has 6 nitrogen and oxygen atoms in total. The van der Waals surface area contributed by atoms with Gasteiger partial charge in [-0.05, 0) is 62.2 Å². The lowest BCUT2D eigenvalue weighted by Gasteiger charge is -2.13. The monoisotopic (exact) mass is 480 g/mol. The Bertz CT molecular complexity index is 1670. The molecule has 0 atom stereocenters. The number of aromatic nitrogens is 3. The number of carbonyl (C=O) groups excluding carboxylic acids is 1. The zero-order valence-electron chi connectivity index (χ0n) is 20.2. The Labute approximate surface area is 207 Å². The third-order valence-corrected chi connectivity index (χ3v) is 6.17. The van der Waals surface area contributed by atoms with Crippen molar-refractivity contribution in [2.45, 2.75) is 27.3 Å². The minimum atomic E-state index is -0.441. The van der Waals surface area contributed by atoms with Crippen molar-refractivity contribution in [1.82, 2.24) is 14.3 Å². The lowest BCUT2D eigenvalue weighted by Crippen LogP contribution is -2.29. The number of amides is 1. The molecule has 0 fully saturated rings. The van der Waals surface area contributed by atoms with Crippen LogP contribution >= 0.6 is 0 Å². The van der Waals surface area contributed by atoms with E-state index in [9.17, 15) is 14.0 Å². The first-order valence-electron chi connectivity index (χ1n) is 11.6. The van der Waals surface area contributed by atoms with Crippen LogP contribution in [0.5, 0.6) is 0 Å². The van der Waals surface area contributed by atoms with Crippen LogP contribution in [0.15, 0.2) is 83.7 Å². The van der Waals surface area contributed by atoms with Gasteiger partial charge in [-0.2, -0.15) is 5.10 Å². The Morgan fingerprint density at radius 3 is 2.42 bits per heavy atom. The topological polar surface area (TPSA) is 68.9 Å². The van der Waals surface area contributed by atoms with Crippen molar-refractivity contribution in [3.8, 4) is 16.9 Å². The van der Waals surface area contributed by atoms with Gasteiger partial charge in [0, 0.05) is 22.7 Å². The standard InChI is InChI=1S/C29H25FN4O2/c1-18-8-7-9-21(14-18)28-27-20(3)15-26(36)33(29(27)34(32-28)23-10-5-4-6-11-23)17-25(35)31-22-13-12-19(2)24(30)16-22/h4-16H,17H2,1-3H3,(H,31,35). The number of nitrogens with zero attached hydrogens (tertiary/aromatic N) is 3. The van der Waals surface area contributed by atoms with Gasteiger partial charge in [0.05, 0.1) is 5.69 Å². The van der Waals surface area contributed by atoms with Gasteiger partial charge in [-0.15, -0.1) is 0 Å². The number of fused-ring (bicyclic) bond motifs is 1. The van der Waals surface area contributed by atoms with Crippen molar-refractivity contribution < 1.29 is 9.18 Å². The second-order valence-corrected chi connectivity index (χ2v) is 8.93. The fourth-order valence-corrected chi connectivity index (χ4v) is 4.37. The van der Waals surface area contributed by atoms with Gasteiger partial charge in [-0.1, -0.05) is 48.0 Å². The van der Waals surface area contributed by atoms with Crippen LogP contribution in [0.4, 0.5) is 10.1 Å². The molecule has 0 saturated heterocycles. The molecule has 2 heterocycles. The van der Waals surface area contributed by atoms with Gasteiger partial charge in [0.1, 0.15) is 23.7 Å². The number of rotatable bonds is 5. The van der Waals surface area contributed by atoms with Crippen molar-refractivity contribution >= 4 is 22.6 Å². The molecule has 0 saturated carbocycles. The molecule has 36 heavy (non-hydrogen) atoms. The number of para-hydroxylation sites is 1. The average molecular weight is 481 g/mol. The predicted octanol–water partition coefficient (Wildman–Crippen LogP) is 5.56. The summed E-state index contributed by atoms with van der Waals surface area (Å²) in [5, 5.41) is 8.41. The summed E-state index contributed by atoms with van der Waals surface area (Å²) < 4.78 is 17.1. The molecule has 0 bridgehead atoms. The van der Waals surface area contributed by atoms with E-state index < -0.39 is 11.7 Å². The first-order valence-corrected chi connectivity index (χ1v) is 11.6. The van der Waals surface area contributed by atoms with Crippen LogP contribution < -0.4 is 10.9 Å². The minimum Gasteiger partial charge on any atom is -0.324 e. The van der Waals surface area contributed by atoms with Crippen LogP contribution in [0, 0.1) is 26.6 Å². The molecule has 0 unspecified atom stereocenters. The summed E-state index contributed by atoms with van der Waals surface area (Å²) in [4.78, 5) is 26.2. The molecule has 180 valence electrons. The number of aryl methyl sites for hydroxylation is 3. The number of hydrogen-bond acceptors (Lipinski definition) is 3. The third kappa shape index (κ3) is 4.31. The highest BCUT2D eigenvalue weighted by molar-refractivity contribution is 5.96. The maximum Gasteiger partial charge on any atom is 0.252 e. The fourth-order valence-electron chi connectivity index (χ4n) is 4.37. The van der Waals surface area contributed by atoms with Gasteiger partial charge in [0.15, 0.2) is 0 Å². The number of benzene rings is 3. The van der Waals surface area contributed by atoms with Gasteiger partial charge >= 0.3 is 0 Å². The van der Waals surface area contributed by atoms with Crippen molar-refractivity contribution in [2.75, 3.05) is 5.32 Å². The highest BCUT2D eigenvalue weighted by atomic mass is 19.1. The molecule has 0 aliphatic heterocycles. The number of nitrogens with one attached hydrogen (secondary N) is 1. The van der Waals surface area contributed by atoms with E-state index in [1.54, 1.807) is 23.7 Å². The first-order chi connectivity index (χ1) is 17.3. The largest absolute Gasteiger partial charge is 0.324 e. The molecule has 1 amide bonds. The second-order valence-electron chi connectivity index (χ2n) is 8.93. The zero-order valence-corrected chi connectivity index (χ0v) is 20.2. The summed E-state index contributed by atoms with van der Waals surface area (Å²) in [5.41, 5.74) is 5.28. The average Bonchev–Trinajstić information content (AvgIpc) is 3.26. The first kappa shape index (κ1) is 23.2. The number of halogens is 1. The molecule has 5 rings (SSSR count). The van der Waals surface area contributed by atoms with E-state index in [1.165, 1.54) is 16.7 Å². The Hall–Kier alpha value is -4.52. The molecule has 1 N–H and O–H groups in total. The van der Waals surface area contributed by atoms with Crippen molar-refractivity contribution in [3.63, 3.8) is 0 Å². The van der Waals surface area contributed by atoms with Crippen LogP contribution in [-0.4, -0.2) is 20.3 Å². The van der Waals surface area contributed by atoms with Gasteiger partial charge in [0.25, 0.3) is 5.56 Å². The Balaban J connectivity index is 1.68. The molecule has 0 aliphatic carbocycles. The third-order valence-electron chi connectivity index (χ3n) is 6.17.